The summed E-state index contributed by atoms with van der Waals surface area (Å²) in [6.45, 7) is 7.42. The van der Waals surface area contributed by atoms with Crippen molar-refractivity contribution in [3.05, 3.63) is 35.9 Å². The zero-order valence-electron chi connectivity index (χ0n) is 9.06. The lowest BCUT2D eigenvalue weighted by Crippen LogP contribution is -2.02. The Morgan fingerprint density at radius 2 is 2.25 bits per heavy atom. The molecular weight excluding hydrogens is 206 g/mol. The lowest BCUT2D eigenvalue weighted by Gasteiger charge is -2.05. The molecule has 0 aliphatic rings. The van der Waals surface area contributed by atoms with Gasteiger partial charge in [-0.15, -0.1) is 0 Å². The second-order valence-electron chi connectivity index (χ2n) is 3.67. The Bertz CT molecular complexity index is 599. The lowest BCUT2D eigenvalue weighted by molar-refractivity contribution is 0.0699. The molecule has 0 amide bonds. The molecular formula is C11H11N3O2. The molecule has 0 aliphatic carbocycles. The fourth-order valence-electron chi connectivity index (χ4n) is 1.59. The number of rotatable bonds is 2. The minimum Gasteiger partial charge on any atom is -0.478 e. The van der Waals surface area contributed by atoms with Crippen molar-refractivity contribution in [3.8, 4) is 0 Å². The molecule has 5 heteroatoms. The van der Waals surface area contributed by atoms with E-state index in [1.54, 1.807) is 13.1 Å². The van der Waals surface area contributed by atoms with Crippen LogP contribution >= 0.6 is 0 Å². The summed E-state index contributed by atoms with van der Waals surface area (Å²) < 4.78 is 1.52. The van der Waals surface area contributed by atoms with E-state index in [4.69, 9.17) is 5.11 Å². The van der Waals surface area contributed by atoms with Crippen molar-refractivity contribution < 1.29 is 9.90 Å². The summed E-state index contributed by atoms with van der Waals surface area (Å²) in [6, 6.07) is 0. The molecule has 2 aromatic rings. The number of aryl methyl sites for hydroxylation is 1. The van der Waals surface area contributed by atoms with Gasteiger partial charge in [-0.2, -0.15) is 5.10 Å². The third-order valence-electron chi connectivity index (χ3n) is 2.25. The fraction of sp³-hybridized carbons (Fsp3) is 0.182. The molecule has 5 nitrogen and oxygen atoms in total. The second kappa shape index (κ2) is 3.44. The van der Waals surface area contributed by atoms with E-state index in [1.807, 2.05) is 6.92 Å². The van der Waals surface area contributed by atoms with Crippen LogP contribution in [0.3, 0.4) is 0 Å². The van der Waals surface area contributed by atoms with Crippen molar-refractivity contribution >= 4 is 17.1 Å². The molecule has 0 aromatic carbocycles. The van der Waals surface area contributed by atoms with Gasteiger partial charge in [0.2, 0.25) is 0 Å². The molecule has 0 saturated carbocycles. The minimum atomic E-state index is -1.01. The molecule has 2 heterocycles. The quantitative estimate of drug-likeness (QED) is 0.832. The van der Waals surface area contributed by atoms with Gasteiger partial charge in [-0.05, 0) is 19.4 Å². The molecule has 0 unspecified atom stereocenters. The highest BCUT2D eigenvalue weighted by molar-refractivity contribution is 5.98. The highest BCUT2D eigenvalue weighted by Gasteiger charge is 2.16. The van der Waals surface area contributed by atoms with Crippen molar-refractivity contribution in [2.24, 2.45) is 0 Å². The number of hydrogen-bond donors (Lipinski definition) is 1. The molecule has 0 aliphatic heterocycles. The molecule has 1 N–H and O–H groups in total. The molecule has 2 rings (SSSR count). The Morgan fingerprint density at radius 3 is 2.81 bits per heavy atom. The number of allylic oxidation sites excluding steroid dienone is 1. The van der Waals surface area contributed by atoms with Gasteiger partial charge >= 0.3 is 5.97 Å². The summed E-state index contributed by atoms with van der Waals surface area (Å²) in [5.41, 5.74) is 2.70. The monoisotopic (exact) mass is 217 g/mol. The second-order valence-corrected chi connectivity index (χ2v) is 3.67. The molecule has 16 heavy (non-hydrogen) atoms. The molecule has 0 fully saturated rings. The minimum absolute atomic E-state index is 0.144. The number of carboxylic acid groups (broad SMARTS) is 1. The van der Waals surface area contributed by atoms with Crippen LogP contribution in [0.2, 0.25) is 0 Å². The third-order valence-corrected chi connectivity index (χ3v) is 2.25. The van der Waals surface area contributed by atoms with E-state index in [2.05, 4.69) is 16.7 Å². The highest BCUT2D eigenvalue weighted by atomic mass is 16.4. The zero-order chi connectivity index (χ0) is 11.9. The molecule has 0 radical (unpaired) electrons. The molecule has 0 spiro atoms. The Kier molecular flexibility index (Phi) is 2.23. The summed E-state index contributed by atoms with van der Waals surface area (Å²) in [5.74, 6) is -1.01. The van der Waals surface area contributed by atoms with Gasteiger partial charge in [-0.3, -0.25) is 0 Å². The normalized spacial score (nSPS) is 10.6. The fourth-order valence-corrected chi connectivity index (χ4v) is 1.59. The summed E-state index contributed by atoms with van der Waals surface area (Å²) in [6.07, 6.45) is 3.01. The Hall–Kier alpha value is -2.17. The summed E-state index contributed by atoms with van der Waals surface area (Å²) in [5, 5.41) is 13.0. The maximum absolute atomic E-state index is 11.0. The van der Waals surface area contributed by atoms with Crippen molar-refractivity contribution in [3.63, 3.8) is 0 Å². The van der Waals surface area contributed by atoms with E-state index in [0.717, 1.165) is 11.3 Å². The van der Waals surface area contributed by atoms with Crippen LogP contribution in [0.1, 0.15) is 28.7 Å². The van der Waals surface area contributed by atoms with Crippen LogP contribution in [0.5, 0.6) is 0 Å². The van der Waals surface area contributed by atoms with E-state index in [9.17, 15) is 4.79 Å². The van der Waals surface area contributed by atoms with Crippen molar-refractivity contribution in [2.75, 3.05) is 0 Å². The van der Waals surface area contributed by atoms with Crippen LogP contribution in [-0.4, -0.2) is 25.7 Å². The van der Waals surface area contributed by atoms with Gasteiger partial charge in [0.05, 0.1) is 23.8 Å². The largest absolute Gasteiger partial charge is 0.478 e. The van der Waals surface area contributed by atoms with Gasteiger partial charge in [0, 0.05) is 0 Å². The van der Waals surface area contributed by atoms with E-state index < -0.39 is 5.97 Å². The average molecular weight is 217 g/mol. The summed E-state index contributed by atoms with van der Waals surface area (Å²) in [4.78, 5) is 15.3. The van der Waals surface area contributed by atoms with Gasteiger partial charge in [0.25, 0.3) is 0 Å². The Balaban J connectivity index is 2.90. The molecule has 2 aromatic heterocycles. The first kappa shape index (κ1) is 10.4. The van der Waals surface area contributed by atoms with Crippen LogP contribution in [0.15, 0.2) is 19.0 Å². The average Bonchev–Trinajstić information content (AvgIpc) is 2.59. The first-order chi connectivity index (χ1) is 7.50. The first-order valence-electron chi connectivity index (χ1n) is 4.75. The highest BCUT2D eigenvalue weighted by Crippen LogP contribution is 2.20. The third kappa shape index (κ3) is 1.46. The number of aromatic carboxylic acids is 1. The van der Waals surface area contributed by atoms with E-state index in [-0.39, 0.29) is 5.56 Å². The number of fused-ring (bicyclic) bond motifs is 1. The maximum atomic E-state index is 11.0. The smallest absolute Gasteiger partial charge is 0.339 e. The topological polar surface area (TPSA) is 67.5 Å². The molecule has 0 atom stereocenters. The SMILES string of the molecule is C=C(C)c1nc(C)cn2ncc(C(=O)O)c12. The number of nitrogens with zero attached hydrogens (tertiary/aromatic N) is 3. The van der Waals surface area contributed by atoms with Crippen molar-refractivity contribution in [1.29, 1.82) is 0 Å². The lowest BCUT2D eigenvalue weighted by atomic mass is 10.1. The van der Waals surface area contributed by atoms with Gasteiger partial charge in [-0.1, -0.05) is 6.58 Å². The molecule has 0 saturated heterocycles. The number of carbonyl (C=O) groups is 1. The van der Waals surface area contributed by atoms with E-state index >= 15 is 0 Å². The van der Waals surface area contributed by atoms with Gasteiger partial charge < -0.3 is 5.11 Å². The van der Waals surface area contributed by atoms with Gasteiger partial charge in [0.15, 0.2) is 0 Å². The molecule has 82 valence electrons. The summed E-state index contributed by atoms with van der Waals surface area (Å²) in [7, 11) is 0. The molecule has 0 bridgehead atoms. The Morgan fingerprint density at radius 1 is 1.56 bits per heavy atom. The zero-order valence-corrected chi connectivity index (χ0v) is 9.06. The van der Waals surface area contributed by atoms with Crippen molar-refractivity contribution in [1.82, 2.24) is 14.6 Å². The number of hydrogen-bond acceptors (Lipinski definition) is 3. The van der Waals surface area contributed by atoms with Crippen LogP contribution in [0.25, 0.3) is 11.1 Å². The van der Waals surface area contributed by atoms with Crippen LogP contribution in [-0.2, 0) is 0 Å². The van der Waals surface area contributed by atoms with Gasteiger partial charge in [-0.25, -0.2) is 14.3 Å². The number of aromatic nitrogens is 3. The maximum Gasteiger partial charge on any atom is 0.339 e. The standard InChI is InChI=1S/C11H11N3O2/c1-6(2)9-10-8(11(15)16)4-12-14(10)5-7(3)13-9/h4-5H,1H2,2-3H3,(H,15,16). The first-order valence-corrected chi connectivity index (χ1v) is 4.75. The van der Waals surface area contributed by atoms with E-state index in [0.29, 0.717) is 11.2 Å². The van der Waals surface area contributed by atoms with Crippen LogP contribution in [0.4, 0.5) is 0 Å². The summed E-state index contributed by atoms with van der Waals surface area (Å²) >= 11 is 0. The Labute approximate surface area is 92.0 Å². The predicted molar refractivity (Wildman–Crippen MR) is 59.4 cm³/mol. The van der Waals surface area contributed by atoms with Crippen molar-refractivity contribution in [2.45, 2.75) is 13.8 Å². The van der Waals surface area contributed by atoms with Gasteiger partial charge in [0.1, 0.15) is 11.1 Å². The van der Waals surface area contributed by atoms with Crippen LogP contribution < -0.4 is 0 Å². The number of carboxylic acids is 1. The predicted octanol–water partition coefficient (Wildman–Crippen LogP) is 1.77. The van der Waals surface area contributed by atoms with E-state index in [1.165, 1.54) is 10.7 Å². The van der Waals surface area contributed by atoms with Crippen LogP contribution in [0, 0.1) is 6.92 Å².